The number of allylic oxidation sites excluding steroid dienone is 2. The van der Waals surface area contributed by atoms with Crippen molar-refractivity contribution in [1.82, 2.24) is 44.1 Å². The zero-order chi connectivity index (χ0) is 84.5. The number of carbonyl (C=O) groups is 2. The number of anilines is 2. The van der Waals surface area contributed by atoms with Gasteiger partial charge in [-0.3, -0.25) is 39.6 Å². The van der Waals surface area contributed by atoms with Crippen LogP contribution in [0.5, 0.6) is 34.5 Å². The molecular weight excluding hydrogens is 1610 g/mol. The van der Waals surface area contributed by atoms with Gasteiger partial charge in [0, 0.05) is 159 Å². The monoisotopic (exact) mass is 1710 g/mol. The number of halogens is 2. The van der Waals surface area contributed by atoms with Gasteiger partial charge in [-0.25, -0.2) is 36.2 Å². The number of hydrogen-bond acceptors (Lipinski definition) is 21. The number of nitro groups is 2. The number of sulfonamides is 2. The summed E-state index contributed by atoms with van der Waals surface area (Å²) in [6.45, 7) is 20.5. The molecule has 6 aromatic carbocycles. The van der Waals surface area contributed by atoms with Gasteiger partial charge in [0.1, 0.15) is 45.8 Å². The van der Waals surface area contributed by atoms with E-state index in [2.05, 4.69) is 101 Å². The summed E-state index contributed by atoms with van der Waals surface area (Å²) in [5.41, 5.74) is 11.4. The third kappa shape index (κ3) is 19.4. The molecule has 0 unspecified atom stereocenters. The minimum absolute atomic E-state index is 0.0113. The summed E-state index contributed by atoms with van der Waals surface area (Å²) in [4.78, 5) is 76.4. The number of rotatable bonds is 23. The molecule has 4 aromatic heterocycles. The molecule has 31 heteroatoms. The van der Waals surface area contributed by atoms with E-state index in [-0.39, 0.29) is 74.8 Å². The van der Waals surface area contributed by atoms with Crippen molar-refractivity contribution in [3.8, 4) is 34.5 Å². The van der Waals surface area contributed by atoms with E-state index in [1.165, 1.54) is 57.9 Å². The molecule has 120 heavy (non-hydrogen) atoms. The molecule has 10 aromatic rings. The lowest BCUT2D eigenvalue weighted by atomic mass is 9.72. The fraction of sp³-hybridized carbons (Fsp3) is 0.371. The van der Waals surface area contributed by atoms with Gasteiger partial charge in [0.05, 0.1) is 67.5 Å². The quantitative estimate of drug-likeness (QED) is 0.0341. The van der Waals surface area contributed by atoms with E-state index >= 15 is 0 Å². The zero-order valence-corrected chi connectivity index (χ0v) is 71.2. The maximum atomic E-state index is 14.0. The number of carbonyl (C=O) groups excluding carboxylic acids is 2. The molecule has 27 nitrogen and oxygen atoms in total. The van der Waals surface area contributed by atoms with E-state index in [0.29, 0.717) is 59.9 Å². The summed E-state index contributed by atoms with van der Waals surface area (Å²) >= 11 is 12.5. The summed E-state index contributed by atoms with van der Waals surface area (Å²) < 4.78 is 83.6. The first-order valence-corrected chi connectivity index (χ1v) is 44.1. The Morgan fingerprint density at radius 1 is 0.567 bits per heavy atom. The van der Waals surface area contributed by atoms with Crippen LogP contribution in [0.1, 0.15) is 123 Å². The topological polar surface area (TPSA) is 323 Å². The average Bonchev–Trinajstić information content (AvgIpc) is 0.824. The maximum absolute atomic E-state index is 14.0. The Bertz CT molecular complexity index is 5900. The van der Waals surface area contributed by atoms with Crippen LogP contribution in [0.15, 0.2) is 179 Å². The number of ether oxygens (including phenoxy) is 4. The highest BCUT2D eigenvalue weighted by molar-refractivity contribution is 7.90. The predicted molar refractivity (Wildman–Crippen MR) is 464 cm³/mol. The number of H-pyrrole nitrogens is 2. The minimum Gasteiger partial charge on any atom is -0.493 e. The summed E-state index contributed by atoms with van der Waals surface area (Å²) in [5.74, 6) is -0.675. The summed E-state index contributed by atoms with van der Waals surface area (Å²) in [6.07, 6.45) is 14.5. The predicted octanol–water partition coefficient (Wildman–Crippen LogP) is 16.7. The van der Waals surface area contributed by atoms with Crippen LogP contribution >= 0.6 is 23.2 Å². The number of aromatic nitrogens is 4. The van der Waals surface area contributed by atoms with Gasteiger partial charge in [0.15, 0.2) is 0 Å². The molecule has 2 atom stereocenters. The normalized spacial score (nSPS) is 18.2. The molecule has 0 spiro atoms. The van der Waals surface area contributed by atoms with Gasteiger partial charge in [0.2, 0.25) is 0 Å². The number of nitrogens with zero attached hydrogens (tertiary/aromatic N) is 9. The van der Waals surface area contributed by atoms with Crippen molar-refractivity contribution in [3.05, 3.63) is 233 Å². The first-order chi connectivity index (χ1) is 57.3. The van der Waals surface area contributed by atoms with Crippen LogP contribution in [-0.4, -0.2) is 172 Å². The highest BCUT2D eigenvalue weighted by Crippen LogP contribution is 2.47. The Morgan fingerprint density at radius 2 is 0.975 bits per heavy atom. The standard InChI is InChI=1S/C45H50ClN7O7S.C44H47ClN6O7S/c1-45(2)13-11-32(39(24-45)30-5-7-33(46)8-6-30)27-51-15-17-52(18-16-51)34-9-10-37(42(21-34)60-35-20-31-12-14-47-43(31)48-25-35)44(54)49-61(57,58)36-22-40(53(55)56)38-19-29(26-50(3)4)28-59-41(38)23-36;1-4-28-19-37-39(51(53)54)22-35(23-40(37)57-27-28)59(55,56)48-43(52)36-10-9-33(21-41(36)58-34-20-30-12-14-46-42(30)47-25-34)50-17-15-49(16-18-50)26-31-11-13-44(2,3)24-38(31)29-5-7-32(45)8-6-29/h5-10,12,14,20-23,25,29H,11,13,15-19,24,26-28H2,1-4H3,(H,47,48)(H,49,54);5-10,12,14,20-23,25,28H,4,11,13,15-19,24,26-27H2,1-3H3,(H,46,47)(H,48,52)/t29-;28-/m10/s1. The molecule has 8 heterocycles. The van der Waals surface area contributed by atoms with Crippen molar-refractivity contribution in [1.29, 1.82) is 0 Å². The second kappa shape index (κ2) is 35.0. The van der Waals surface area contributed by atoms with E-state index in [0.717, 1.165) is 155 Å². The molecule has 4 N–H and O–H groups in total. The largest absolute Gasteiger partial charge is 0.493 e. The van der Waals surface area contributed by atoms with Gasteiger partial charge in [-0.05, 0) is 184 Å². The fourth-order valence-corrected chi connectivity index (χ4v) is 19.2. The highest BCUT2D eigenvalue weighted by Gasteiger charge is 2.37. The second-order valence-corrected chi connectivity index (χ2v) is 38.0. The number of benzene rings is 6. The van der Waals surface area contributed by atoms with Crippen LogP contribution in [-0.2, 0) is 32.9 Å². The molecule has 628 valence electrons. The Hall–Kier alpha value is -10.9. The van der Waals surface area contributed by atoms with Crippen molar-refractivity contribution in [3.63, 3.8) is 0 Å². The Balaban J connectivity index is 0.000000187. The van der Waals surface area contributed by atoms with E-state index < -0.39 is 51.5 Å². The number of piperazine rings is 2. The zero-order valence-electron chi connectivity index (χ0n) is 68.0. The van der Waals surface area contributed by atoms with Crippen LogP contribution in [0, 0.1) is 42.9 Å². The molecule has 0 bridgehead atoms. The van der Waals surface area contributed by atoms with E-state index in [4.69, 9.17) is 42.1 Å². The van der Waals surface area contributed by atoms with Gasteiger partial charge in [-0.1, -0.05) is 93.2 Å². The molecule has 2 aliphatic carbocycles. The van der Waals surface area contributed by atoms with Crippen LogP contribution in [0.4, 0.5) is 22.7 Å². The average molecular weight is 1710 g/mol. The molecular formula is C89H97Cl2N13O14S2. The highest BCUT2D eigenvalue weighted by atomic mass is 35.5. The Morgan fingerprint density at radius 3 is 1.38 bits per heavy atom. The molecule has 2 saturated heterocycles. The lowest BCUT2D eigenvalue weighted by Crippen LogP contribution is -2.47. The lowest BCUT2D eigenvalue weighted by molar-refractivity contribution is -0.386. The minimum atomic E-state index is -4.61. The molecule has 2 fully saturated rings. The number of amides is 2. The number of aromatic amines is 2. The Kier molecular flexibility index (Phi) is 24.6. The molecule has 0 radical (unpaired) electrons. The van der Waals surface area contributed by atoms with E-state index in [1.807, 2.05) is 62.3 Å². The van der Waals surface area contributed by atoms with Gasteiger partial charge in [-0.2, -0.15) is 0 Å². The van der Waals surface area contributed by atoms with Crippen molar-refractivity contribution in [2.45, 2.75) is 102 Å². The number of hydrogen-bond donors (Lipinski definition) is 4. The second-order valence-electron chi connectivity index (χ2n) is 33.8. The van der Waals surface area contributed by atoms with Crippen molar-refractivity contribution >= 4 is 111 Å². The SMILES string of the molecule is CC[C@@H]1COc2cc(S(=O)(=O)NC(=O)c3ccc(N4CCN(CC5=C(c6ccc(Cl)cc6)CC(C)(C)CC5)CC4)cc3Oc3cnc4[nH]ccc4c3)cc([N+](=O)[O-])c2C1.CN(C)C[C@@H]1COc2cc(S(=O)(=O)NC(=O)c3ccc(N4CCN(CC5=C(c6ccc(Cl)cc6)CC(C)(C)CC5)CC4)cc3Oc3cnc4[nH]ccc4c3)cc([N+](=O)[O-])c2C1. The number of nitrogens with one attached hydrogen (secondary N) is 4. The van der Waals surface area contributed by atoms with Gasteiger partial charge in [0.25, 0.3) is 43.2 Å². The first-order valence-electron chi connectivity index (χ1n) is 40.4. The molecule has 6 aliphatic rings. The third-order valence-electron chi connectivity index (χ3n) is 23.6. The Labute approximate surface area is 707 Å². The summed E-state index contributed by atoms with van der Waals surface area (Å²) in [7, 11) is -5.39. The van der Waals surface area contributed by atoms with Crippen LogP contribution in [0.2, 0.25) is 10.0 Å². The smallest absolute Gasteiger partial charge is 0.277 e. The van der Waals surface area contributed by atoms with Crippen LogP contribution in [0.25, 0.3) is 33.2 Å². The number of fused-ring (bicyclic) bond motifs is 4. The molecule has 4 aliphatic heterocycles. The molecule has 16 rings (SSSR count). The van der Waals surface area contributed by atoms with E-state index in [9.17, 15) is 46.7 Å². The molecule has 0 saturated carbocycles. The van der Waals surface area contributed by atoms with E-state index in [1.54, 1.807) is 60.9 Å². The van der Waals surface area contributed by atoms with Gasteiger partial charge in [-0.15, -0.1) is 0 Å². The van der Waals surface area contributed by atoms with Crippen molar-refractivity contribution in [2.75, 3.05) is 109 Å². The first kappa shape index (κ1) is 84.1. The number of nitro benzene ring substituents is 2. The molecule has 2 amide bonds. The van der Waals surface area contributed by atoms with Crippen molar-refractivity contribution in [2.24, 2.45) is 22.7 Å². The van der Waals surface area contributed by atoms with Crippen LogP contribution < -0.4 is 38.2 Å². The fourth-order valence-electron chi connectivity index (χ4n) is 17.0. The summed E-state index contributed by atoms with van der Waals surface area (Å²) in [5, 5.41) is 27.3. The van der Waals surface area contributed by atoms with Gasteiger partial charge < -0.3 is 43.6 Å². The van der Waals surface area contributed by atoms with Crippen molar-refractivity contribution < 1.29 is 55.2 Å². The number of pyridine rings is 2. The van der Waals surface area contributed by atoms with Gasteiger partial charge >= 0.3 is 0 Å². The van der Waals surface area contributed by atoms with Crippen LogP contribution in [0.3, 0.4) is 0 Å². The third-order valence-corrected chi connectivity index (χ3v) is 26.7. The summed E-state index contributed by atoms with van der Waals surface area (Å²) in [6, 6.07) is 38.2. The lowest BCUT2D eigenvalue weighted by Gasteiger charge is -2.39. The maximum Gasteiger partial charge on any atom is 0.277 e.